The van der Waals surface area contributed by atoms with Crippen LogP contribution in [0.5, 0.6) is 11.8 Å². The average molecular weight is 1380 g/mol. The van der Waals surface area contributed by atoms with Gasteiger partial charge in [-0.3, -0.25) is 38.1 Å². The monoisotopic (exact) mass is 1380 g/mol. The molecular formula is C59H55ClF6N16O9S3. The number of carbonyl (C=O) groups is 6. The molecule has 0 radical (unpaired) electrons. The summed E-state index contributed by atoms with van der Waals surface area (Å²) < 4.78 is 87.6. The molecule has 2 aliphatic carbocycles. The number of pyridine rings is 2. The van der Waals surface area contributed by atoms with Gasteiger partial charge in [0.05, 0.1) is 29.5 Å². The van der Waals surface area contributed by atoms with Gasteiger partial charge in [0.15, 0.2) is 22.9 Å². The summed E-state index contributed by atoms with van der Waals surface area (Å²) in [4.78, 5) is 91.8. The minimum atomic E-state index is -4.93. The van der Waals surface area contributed by atoms with E-state index in [4.69, 9.17) is 5.11 Å². The van der Waals surface area contributed by atoms with Gasteiger partial charge >= 0.3 is 18.7 Å². The highest BCUT2D eigenvalue weighted by atomic mass is 35.5. The van der Waals surface area contributed by atoms with Crippen molar-refractivity contribution in [2.24, 2.45) is 11.8 Å². The van der Waals surface area contributed by atoms with Crippen LogP contribution in [-0.2, 0) is 54.6 Å². The molecule has 2 aromatic carbocycles. The summed E-state index contributed by atoms with van der Waals surface area (Å²) in [7, 11) is 0. The van der Waals surface area contributed by atoms with Crippen molar-refractivity contribution in [1.29, 1.82) is 0 Å². The number of nitrogens with one attached hydrogen (secondary N) is 3. The third kappa shape index (κ3) is 16.0. The molecule has 2 saturated heterocycles. The number of hydrogen-bond donors (Lipinski definition) is 4. The molecule has 4 aliphatic rings. The molecule has 6 atom stereocenters. The van der Waals surface area contributed by atoms with Crippen molar-refractivity contribution in [1.82, 2.24) is 68.9 Å². The number of aromatic nitrogens is 12. The first-order chi connectivity index (χ1) is 43.5. The zero-order chi connectivity index (χ0) is 64.6. The van der Waals surface area contributed by atoms with E-state index in [1.54, 1.807) is 58.1 Å². The van der Waals surface area contributed by atoms with Crippen LogP contribution in [0.2, 0.25) is 0 Å². The Hall–Kier alpha value is -9.64. The Morgan fingerprint density at radius 2 is 1.13 bits per heavy atom. The normalized spacial score (nSPS) is 18.0. The van der Waals surface area contributed by atoms with Crippen LogP contribution in [0.15, 0.2) is 122 Å². The Morgan fingerprint density at radius 1 is 0.638 bits per heavy atom. The predicted octanol–water partition coefficient (Wildman–Crippen LogP) is 8.74. The number of carboxylic acids is 1. The smallest absolute Gasteiger partial charge is 0.480 e. The van der Waals surface area contributed by atoms with Crippen LogP contribution in [-0.4, -0.2) is 141 Å². The second-order valence-electron chi connectivity index (χ2n) is 21.4. The SMILES string of the molecule is C.CC(=O)c1nn(CC(=O)N2[C@@H]3C[C@@H]3C[C@H]2C(=O)Nc2cccc(OC(F)(F)F)n2)c2ccc(-c3cnc4ccnn4c3)cc12.CC(=O)c1nn(CC(=O)O)c2ccc(-c3cnc4ccnn4c3)cc12.Cl.O=C(Nc1cccc(OC(F)(F)F)n1)[C@@H]1C[C@H]2C[C@H]2N1.S.S=S. The number of ketones is 2. The maximum atomic E-state index is 13.7. The summed E-state index contributed by atoms with van der Waals surface area (Å²) in [5, 5.41) is 35.4. The summed E-state index contributed by atoms with van der Waals surface area (Å²) in [6.07, 6.45) is 3.70. The summed E-state index contributed by atoms with van der Waals surface area (Å²) in [6, 6.07) is 21.0. The minimum Gasteiger partial charge on any atom is -0.480 e. The maximum absolute atomic E-state index is 13.7. The molecule has 0 bridgehead atoms. The number of rotatable bonds is 14. The molecule has 0 spiro atoms. The summed E-state index contributed by atoms with van der Waals surface area (Å²) in [5.74, 6) is -3.43. The van der Waals surface area contributed by atoms with Crippen LogP contribution in [0.4, 0.5) is 38.0 Å². The van der Waals surface area contributed by atoms with Gasteiger partial charge in [-0.2, -0.15) is 43.9 Å². The Labute approximate surface area is 551 Å². The number of Topliss-reactive ketones (excluding diaryl/α,β-unsaturated/α-hetero) is 2. The van der Waals surface area contributed by atoms with Crippen LogP contribution in [0, 0.1) is 11.8 Å². The highest BCUT2D eigenvalue weighted by Gasteiger charge is 2.56. The van der Waals surface area contributed by atoms with Gasteiger partial charge in [-0.05, 0) is 85.0 Å². The van der Waals surface area contributed by atoms with E-state index in [1.165, 1.54) is 52.4 Å². The Bertz CT molecular complexity index is 4500. The number of aliphatic carboxylic acids is 1. The van der Waals surface area contributed by atoms with E-state index < -0.39 is 42.4 Å². The fourth-order valence-electron chi connectivity index (χ4n) is 11.1. The number of carboxylic acid groups (broad SMARTS) is 1. The maximum Gasteiger partial charge on any atom is 0.574 e. The lowest BCUT2D eigenvalue weighted by Gasteiger charge is -2.27. The number of nitrogens with zero attached hydrogens (tertiary/aromatic N) is 13. The third-order valence-corrected chi connectivity index (χ3v) is 15.2. The second kappa shape index (κ2) is 28.7. The molecule has 25 nitrogen and oxygen atoms in total. The molecule has 4 N–H and O–H groups in total. The zero-order valence-electron chi connectivity index (χ0n) is 48.3. The van der Waals surface area contributed by atoms with E-state index >= 15 is 0 Å². The number of amides is 3. The van der Waals surface area contributed by atoms with Crippen LogP contribution < -0.4 is 25.4 Å². The molecule has 2 saturated carbocycles. The van der Waals surface area contributed by atoms with Gasteiger partial charge in [-0.15, -0.1) is 38.7 Å². The van der Waals surface area contributed by atoms with Gasteiger partial charge in [0, 0.05) is 119 Å². The van der Waals surface area contributed by atoms with Crippen molar-refractivity contribution in [3.8, 4) is 34.0 Å². The van der Waals surface area contributed by atoms with Gasteiger partial charge in [-0.1, -0.05) is 31.7 Å². The van der Waals surface area contributed by atoms with Gasteiger partial charge in [0.2, 0.25) is 29.5 Å². The highest BCUT2D eigenvalue weighted by Crippen LogP contribution is 2.48. The Morgan fingerprint density at radius 3 is 1.59 bits per heavy atom. The van der Waals surface area contributed by atoms with E-state index in [0.717, 1.165) is 59.3 Å². The van der Waals surface area contributed by atoms with E-state index in [1.807, 2.05) is 36.7 Å². The lowest BCUT2D eigenvalue weighted by atomic mass is 10.0. The fraction of sp³-hybridized carbons (Fsp3) is 0.288. The third-order valence-electron chi connectivity index (χ3n) is 15.2. The molecule has 10 heterocycles. The van der Waals surface area contributed by atoms with Crippen LogP contribution in [0.25, 0.3) is 55.4 Å². The van der Waals surface area contributed by atoms with Crippen molar-refractivity contribution in [3.05, 3.63) is 133 Å². The Balaban J connectivity index is 0.000000192. The summed E-state index contributed by atoms with van der Waals surface area (Å²) in [6.45, 7) is 2.29. The second-order valence-corrected chi connectivity index (χ2v) is 21.4. The molecule has 4 fully saturated rings. The average Bonchev–Trinajstić information content (AvgIpc) is 1.59. The van der Waals surface area contributed by atoms with E-state index in [9.17, 15) is 55.1 Å². The quantitative estimate of drug-likeness (QED) is 0.0584. The van der Waals surface area contributed by atoms with Crippen molar-refractivity contribution < 1.29 is 69.7 Å². The van der Waals surface area contributed by atoms with E-state index in [2.05, 4.69) is 88.1 Å². The number of piperidine rings is 2. The van der Waals surface area contributed by atoms with Crippen LogP contribution in [0.1, 0.15) is 67.9 Å². The number of carbonyl (C=O) groups excluding carboxylic acids is 5. The van der Waals surface area contributed by atoms with Gasteiger partial charge in [0.25, 0.3) is 0 Å². The minimum absolute atomic E-state index is 0. The molecular weight excluding hydrogens is 1320 g/mol. The van der Waals surface area contributed by atoms with Crippen molar-refractivity contribution in [2.75, 3.05) is 10.6 Å². The lowest BCUT2D eigenvalue weighted by molar-refractivity contribution is -0.277. The van der Waals surface area contributed by atoms with Gasteiger partial charge in [0.1, 0.15) is 42.2 Å². The number of halogens is 7. The van der Waals surface area contributed by atoms with E-state index in [-0.39, 0.29) is 111 Å². The lowest BCUT2D eigenvalue weighted by Crippen LogP contribution is -2.46. The number of hydrogen-bond acceptors (Lipinski definition) is 19. The number of benzene rings is 2. The number of anilines is 2. The van der Waals surface area contributed by atoms with Gasteiger partial charge in [-0.25, -0.2) is 19.0 Å². The Kier molecular flexibility index (Phi) is 21.4. The van der Waals surface area contributed by atoms with Crippen molar-refractivity contribution in [2.45, 2.75) is 96.9 Å². The topological polar surface area (TPSA) is 302 Å². The van der Waals surface area contributed by atoms with Crippen molar-refractivity contribution in [3.63, 3.8) is 0 Å². The molecule has 10 aromatic rings. The molecule has 35 heteroatoms. The standard InChI is InChI=1S/C29H23F3N8O4.C17H13N5O3.C12H12F3N3O2.CH4.ClH.S2.H2S/c1-15(41)27-19-9-16(18-12-33-24-7-8-34-39(24)13-18)5-6-20(19)38(37-27)14-26(42)40-21-10-17(21)11-22(40)28(43)36-23-3-2-4-25(35-23)44-29(30,31)32;1-10(23)17-13-6-11(2-3-14(13)21(20-17)9-16(24)25)12-7-18-15-4-5-19-22(15)8-12;13-12(14,15)20-10-3-1-2-9(17-10)18-11(19)8-5-6-4-7(6)16-8;;;1-2;/h2-9,12-13,17,21-22H,10-11,14H2,1H3,(H,35,36,43);2-8H,9H2,1H3,(H,24,25);1-3,6-8,16H,4-5H2,(H,17,18,19);1H4;1H;;1H2/t17-,21-,22+;;6-,7-,8+;;;;/m1.1..../s1. The zero-order valence-corrected chi connectivity index (χ0v) is 51.7. The highest BCUT2D eigenvalue weighted by molar-refractivity contribution is 8.07. The summed E-state index contributed by atoms with van der Waals surface area (Å²) >= 11 is 7.33. The number of likely N-dealkylation sites (tertiary alicyclic amines) is 1. The van der Waals surface area contributed by atoms with Gasteiger partial charge < -0.3 is 35.4 Å². The first-order valence-corrected chi connectivity index (χ1v) is 29.0. The van der Waals surface area contributed by atoms with Crippen molar-refractivity contribution >= 4 is 128 Å². The number of fused-ring (bicyclic) bond motifs is 6. The fourth-order valence-corrected chi connectivity index (χ4v) is 11.1. The van der Waals surface area contributed by atoms with E-state index in [0.29, 0.717) is 45.8 Å². The molecule has 492 valence electrons. The molecule has 3 amide bonds. The summed E-state index contributed by atoms with van der Waals surface area (Å²) in [5.41, 5.74) is 6.29. The largest absolute Gasteiger partial charge is 0.574 e. The molecule has 0 unspecified atom stereocenters. The predicted molar refractivity (Wildman–Crippen MR) is 340 cm³/mol. The molecule has 94 heavy (non-hydrogen) atoms. The molecule has 8 aromatic heterocycles. The molecule has 14 rings (SSSR count). The van der Waals surface area contributed by atoms with Crippen LogP contribution in [0.3, 0.4) is 0 Å². The number of ether oxygens (including phenoxy) is 2. The van der Waals surface area contributed by atoms with Crippen LogP contribution >= 0.6 is 25.9 Å². The first-order valence-electron chi connectivity index (χ1n) is 27.6. The number of alkyl halides is 6. The first kappa shape index (κ1) is 70.2. The molecule has 2 aliphatic heterocycles.